The fraction of sp³-hybridized carbons (Fsp3) is 0.867. The second-order valence-electron chi connectivity index (χ2n) is 7.77. The molecule has 0 aliphatic heterocycles. The van der Waals surface area contributed by atoms with Crippen molar-refractivity contribution < 1.29 is 19.4 Å². The maximum absolute atomic E-state index is 11.8. The molecule has 0 aromatic rings. The summed E-state index contributed by atoms with van der Waals surface area (Å²) in [5.74, 6) is -0.469. The van der Waals surface area contributed by atoms with Crippen molar-refractivity contribution in [2.45, 2.75) is 71.6 Å². The topological polar surface area (TPSA) is 102 Å². The lowest BCUT2D eigenvalue weighted by Gasteiger charge is -2.44. The summed E-state index contributed by atoms with van der Waals surface area (Å²) in [4.78, 5) is 23.0. The monoisotopic (exact) mass is 300 g/mol. The Balaban J connectivity index is 2.61. The van der Waals surface area contributed by atoms with Gasteiger partial charge in [0.15, 0.2) is 6.10 Å². The van der Waals surface area contributed by atoms with Crippen LogP contribution < -0.4 is 11.1 Å². The number of rotatable bonds is 5. The molecule has 0 unspecified atom stereocenters. The van der Waals surface area contributed by atoms with Gasteiger partial charge >= 0.3 is 6.09 Å². The van der Waals surface area contributed by atoms with Crippen LogP contribution >= 0.6 is 0 Å². The number of nitrogens with two attached hydrogens (primary N) is 1. The Kier molecular flexibility index (Phi) is 5.25. The molecule has 21 heavy (non-hydrogen) atoms. The summed E-state index contributed by atoms with van der Waals surface area (Å²) >= 11 is 0. The Bertz CT molecular complexity index is 393. The van der Waals surface area contributed by atoms with Crippen LogP contribution in [0.25, 0.3) is 0 Å². The van der Waals surface area contributed by atoms with Gasteiger partial charge in [-0.3, -0.25) is 4.79 Å². The van der Waals surface area contributed by atoms with Crippen LogP contribution in [0, 0.1) is 11.3 Å². The van der Waals surface area contributed by atoms with Crippen molar-refractivity contribution in [3.8, 4) is 0 Å². The van der Waals surface area contributed by atoms with E-state index < -0.39 is 29.7 Å². The highest BCUT2D eigenvalue weighted by molar-refractivity contribution is 5.80. The minimum absolute atomic E-state index is 0.290. The van der Waals surface area contributed by atoms with Crippen LogP contribution in [0.5, 0.6) is 0 Å². The summed E-state index contributed by atoms with van der Waals surface area (Å²) in [6.45, 7) is 9.59. The fourth-order valence-corrected chi connectivity index (χ4v) is 2.95. The molecule has 0 radical (unpaired) electrons. The summed E-state index contributed by atoms with van der Waals surface area (Å²) in [5.41, 5.74) is 4.80. The zero-order valence-electron chi connectivity index (χ0n) is 13.6. The predicted molar refractivity (Wildman–Crippen MR) is 79.5 cm³/mol. The second-order valence-corrected chi connectivity index (χ2v) is 7.77. The lowest BCUT2D eigenvalue weighted by Crippen LogP contribution is -2.52. The maximum Gasteiger partial charge on any atom is 0.407 e. The lowest BCUT2D eigenvalue weighted by atomic mass is 9.62. The quantitative estimate of drug-likeness (QED) is 0.717. The molecule has 1 saturated carbocycles. The number of amides is 2. The normalized spacial score (nSPS) is 21.0. The minimum Gasteiger partial charge on any atom is -0.444 e. The van der Waals surface area contributed by atoms with E-state index in [4.69, 9.17) is 10.5 Å². The molecule has 122 valence electrons. The maximum atomic E-state index is 11.8. The molecule has 0 heterocycles. The van der Waals surface area contributed by atoms with Crippen molar-refractivity contribution in [2.24, 2.45) is 17.1 Å². The van der Waals surface area contributed by atoms with E-state index in [-0.39, 0.29) is 0 Å². The molecule has 1 aliphatic carbocycles. The van der Waals surface area contributed by atoms with Gasteiger partial charge in [-0.1, -0.05) is 13.8 Å². The molecule has 0 saturated heterocycles. The number of hydrogen-bond acceptors (Lipinski definition) is 4. The number of aliphatic hydroxyl groups is 1. The van der Waals surface area contributed by atoms with Gasteiger partial charge in [-0.2, -0.15) is 0 Å². The Hall–Kier alpha value is -1.30. The van der Waals surface area contributed by atoms with Gasteiger partial charge in [0.2, 0.25) is 5.91 Å². The first-order chi connectivity index (χ1) is 9.39. The van der Waals surface area contributed by atoms with E-state index in [1.807, 2.05) is 0 Å². The number of carbonyl (C=O) groups excluding carboxylic acids is 2. The van der Waals surface area contributed by atoms with E-state index in [1.165, 1.54) is 0 Å². The van der Waals surface area contributed by atoms with Gasteiger partial charge in [0.05, 0.1) is 6.04 Å². The second kappa shape index (κ2) is 6.22. The Morgan fingerprint density at radius 2 is 1.90 bits per heavy atom. The number of nitrogens with one attached hydrogen (secondary N) is 1. The van der Waals surface area contributed by atoms with E-state index in [2.05, 4.69) is 19.2 Å². The summed E-state index contributed by atoms with van der Waals surface area (Å²) in [6.07, 6.45) is 0.482. The summed E-state index contributed by atoms with van der Waals surface area (Å²) in [6, 6.07) is -0.710. The third-order valence-electron chi connectivity index (χ3n) is 3.64. The number of ether oxygens (including phenoxy) is 1. The van der Waals surface area contributed by atoms with Crippen LogP contribution in [0.2, 0.25) is 0 Å². The molecule has 2 amide bonds. The number of alkyl carbamates (subject to hydrolysis) is 1. The van der Waals surface area contributed by atoms with Gasteiger partial charge in [-0.15, -0.1) is 0 Å². The Labute approximate surface area is 126 Å². The number of hydrogen-bond donors (Lipinski definition) is 3. The van der Waals surface area contributed by atoms with Crippen LogP contribution in [-0.2, 0) is 9.53 Å². The van der Waals surface area contributed by atoms with Crippen molar-refractivity contribution in [2.75, 3.05) is 0 Å². The summed E-state index contributed by atoms with van der Waals surface area (Å²) in [7, 11) is 0. The molecule has 0 aromatic heterocycles. The molecule has 1 rings (SSSR count). The van der Waals surface area contributed by atoms with E-state index in [0.717, 1.165) is 12.8 Å². The van der Waals surface area contributed by atoms with Crippen LogP contribution in [0.15, 0.2) is 0 Å². The highest BCUT2D eigenvalue weighted by Crippen LogP contribution is 2.46. The van der Waals surface area contributed by atoms with E-state index in [9.17, 15) is 14.7 Å². The van der Waals surface area contributed by atoms with E-state index in [0.29, 0.717) is 17.8 Å². The molecule has 6 heteroatoms. The Morgan fingerprint density at radius 3 is 2.29 bits per heavy atom. The van der Waals surface area contributed by atoms with Gasteiger partial charge in [0, 0.05) is 0 Å². The molecule has 1 fully saturated rings. The molecule has 0 bridgehead atoms. The van der Waals surface area contributed by atoms with Gasteiger partial charge in [0.1, 0.15) is 5.60 Å². The average molecular weight is 300 g/mol. The van der Waals surface area contributed by atoms with E-state index >= 15 is 0 Å². The Morgan fingerprint density at radius 1 is 1.38 bits per heavy atom. The first-order valence-corrected chi connectivity index (χ1v) is 7.36. The van der Waals surface area contributed by atoms with Crippen LogP contribution in [0.1, 0.15) is 53.9 Å². The van der Waals surface area contributed by atoms with Gasteiger partial charge in [-0.25, -0.2) is 4.79 Å². The molecule has 0 spiro atoms. The third kappa shape index (κ3) is 5.91. The van der Waals surface area contributed by atoms with Gasteiger partial charge in [-0.05, 0) is 51.4 Å². The SMILES string of the molecule is CC1(C)CC(C[C@@H](NC(=O)OC(C)(C)C)[C@@H](O)C(N)=O)C1. The molecule has 6 nitrogen and oxygen atoms in total. The van der Waals surface area contributed by atoms with Crippen LogP contribution in [-0.4, -0.2) is 34.9 Å². The zero-order valence-corrected chi connectivity index (χ0v) is 13.6. The molecule has 4 N–H and O–H groups in total. The largest absolute Gasteiger partial charge is 0.444 e. The lowest BCUT2D eigenvalue weighted by molar-refractivity contribution is -0.127. The standard InChI is InChI=1S/C15H28N2O4/c1-14(2,3)21-13(20)17-10(11(18)12(16)19)6-9-7-15(4,5)8-9/h9-11,18H,6-8H2,1-5H3,(H2,16,19)(H,17,20)/t10-,11-/m1/s1. The van der Waals surface area contributed by atoms with Crippen molar-refractivity contribution in [1.29, 1.82) is 0 Å². The van der Waals surface area contributed by atoms with Gasteiger partial charge in [0.25, 0.3) is 0 Å². The van der Waals surface area contributed by atoms with Crippen molar-refractivity contribution in [3.05, 3.63) is 0 Å². The number of aliphatic hydroxyl groups excluding tert-OH is 1. The average Bonchev–Trinajstić information content (AvgIpc) is 2.21. The molecule has 0 aromatic carbocycles. The third-order valence-corrected chi connectivity index (χ3v) is 3.64. The predicted octanol–water partition coefficient (Wildman–Crippen LogP) is 1.55. The summed E-state index contributed by atoms with van der Waals surface area (Å²) < 4.78 is 5.16. The van der Waals surface area contributed by atoms with E-state index in [1.54, 1.807) is 20.8 Å². The van der Waals surface area contributed by atoms with Crippen LogP contribution in [0.4, 0.5) is 4.79 Å². The summed E-state index contributed by atoms with van der Waals surface area (Å²) in [5, 5.41) is 12.5. The van der Waals surface area contributed by atoms with Crippen molar-refractivity contribution >= 4 is 12.0 Å². The van der Waals surface area contributed by atoms with Crippen molar-refractivity contribution in [3.63, 3.8) is 0 Å². The minimum atomic E-state index is -1.40. The number of primary amides is 1. The van der Waals surface area contributed by atoms with Gasteiger partial charge < -0.3 is 20.9 Å². The molecular weight excluding hydrogens is 272 g/mol. The first-order valence-electron chi connectivity index (χ1n) is 7.36. The molecular formula is C15H28N2O4. The van der Waals surface area contributed by atoms with Crippen molar-refractivity contribution in [1.82, 2.24) is 5.32 Å². The highest BCUT2D eigenvalue weighted by atomic mass is 16.6. The van der Waals surface area contributed by atoms with Crippen LogP contribution in [0.3, 0.4) is 0 Å². The fourth-order valence-electron chi connectivity index (χ4n) is 2.95. The molecule has 2 atom stereocenters. The number of carbonyl (C=O) groups is 2. The molecule has 1 aliphatic rings. The first kappa shape index (κ1) is 17.8. The highest BCUT2D eigenvalue weighted by Gasteiger charge is 2.39. The smallest absolute Gasteiger partial charge is 0.407 e. The zero-order chi connectivity index (χ0) is 16.4.